The molecular formula is C17H26NO6P. The zero-order valence-corrected chi connectivity index (χ0v) is 16.0. The SMILES string of the molecule is CCOP(=O)(OCC)[C@@H]1C[C@@H](OC(C)=O)ON1[C@@H](C)c1ccccc1. The molecule has 2 rings (SSSR count). The van der Waals surface area contributed by atoms with E-state index in [0.29, 0.717) is 0 Å². The van der Waals surface area contributed by atoms with Crippen LogP contribution in [0.2, 0.25) is 0 Å². The van der Waals surface area contributed by atoms with Crippen molar-refractivity contribution < 1.29 is 28.0 Å². The molecule has 0 amide bonds. The Balaban J connectivity index is 2.31. The molecular weight excluding hydrogens is 345 g/mol. The quantitative estimate of drug-likeness (QED) is 0.507. The number of ether oxygens (including phenoxy) is 1. The van der Waals surface area contributed by atoms with Crippen molar-refractivity contribution >= 4 is 13.6 Å². The van der Waals surface area contributed by atoms with Crippen molar-refractivity contribution in [3.63, 3.8) is 0 Å². The second kappa shape index (κ2) is 8.92. The topological polar surface area (TPSA) is 74.3 Å². The summed E-state index contributed by atoms with van der Waals surface area (Å²) < 4.78 is 29.4. The Labute approximate surface area is 148 Å². The highest BCUT2D eigenvalue weighted by molar-refractivity contribution is 7.54. The molecule has 0 saturated carbocycles. The van der Waals surface area contributed by atoms with E-state index in [1.165, 1.54) is 6.92 Å². The van der Waals surface area contributed by atoms with Crippen molar-refractivity contribution in [2.45, 2.75) is 52.2 Å². The van der Waals surface area contributed by atoms with Crippen molar-refractivity contribution in [2.75, 3.05) is 13.2 Å². The van der Waals surface area contributed by atoms with Crippen LogP contribution in [0.3, 0.4) is 0 Å². The van der Waals surface area contributed by atoms with Crippen LogP contribution in [0.25, 0.3) is 0 Å². The number of hydrogen-bond donors (Lipinski definition) is 0. The van der Waals surface area contributed by atoms with E-state index in [0.717, 1.165) is 5.56 Å². The molecule has 1 aromatic rings. The minimum Gasteiger partial charge on any atom is -0.434 e. The Bertz CT molecular complexity index is 600. The number of carbonyl (C=O) groups is 1. The first kappa shape index (κ1) is 20.1. The van der Waals surface area contributed by atoms with Gasteiger partial charge in [-0.3, -0.25) is 14.2 Å². The molecule has 1 fully saturated rings. The second-order valence-corrected chi connectivity index (χ2v) is 7.87. The summed E-state index contributed by atoms with van der Waals surface area (Å²) in [4.78, 5) is 17.1. The average Bonchev–Trinajstić information content (AvgIpc) is 2.99. The van der Waals surface area contributed by atoms with Crippen molar-refractivity contribution in [3.8, 4) is 0 Å². The minimum absolute atomic E-state index is 0.216. The Morgan fingerprint density at radius 2 is 1.88 bits per heavy atom. The molecule has 8 heteroatoms. The van der Waals surface area contributed by atoms with Gasteiger partial charge >= 0.3 is 13.6 Å². The molecule has 0 N–H and O–H groups in total. The van der Waals surface area contributed by atoms with E-state index < -0.39 is 25.6 Å². The molecule has 3 atom stereocenters. The number of benzene rings is 1. The maximum Gasteiger partial charge on any atom is 0.350 e. The van der Waals surface area contributed by atoms with E-state index in [4.69, 9.17) is 18.6 Å². The number of rotatable bonds is 8. The molecule has 0 unspecified atom stereocenters. The van der Waals surface area contributed by atoms with Crippen LogP contribution in [-0.4, -0.2) is 36.3 Å². The standard InChI is InChI=1S/C17H26NO6P/c1-5-21-25(20,22-6-2)16-12-17(23-14(4)19)24-18(16)13(3)15-10-8-7-9-11-15/h7-11,13,16-17H,5-6,12H2,1-4H3/t13-,16+,17-/m0/s1. The summed E-state index contributed by atoms with van der Waals surface area (Å²) in [6.45, 7) is 7.26. The zero-order valence-electron chi connectivity index (χ0n) is 15.1. The van der Waals surface area contributed by atoms with Crippen LogP contribution in [0, 0.1) is 0 Å². The normalized spacial score (nSPS) is 22.7. The fourth-order valence-electron chi connectivity index (χ4n) is 2.85. The lowest BCUT2D eigenvalue weighted by Crippen LogP contribution is -2.32. The van der Waals surface area contributed by atoms with E-state index in [9.17, 15) is 9.36 Å². The fraction of sp³-hybridized carbons (Fsp3) is 0.588. The Kier molecular flexibility index (Phi) is 7.16. The van der Waals surface area contributed by atoms with Gasteiger partial charge in [-0.1, -0.05) is 30.3 Å². The number of hydrogen-bond acceptors (Lipinski definition) is 7. The van der Waals surface area contributed by atoms with Crippen LogP contribution in [0.1, 0.15) is 45.7 Å². The molecule has 1 aliphatic rings. The van der Waals surface area contributed by atoms with Gasteiger partial charge in [-0.15, -0.1) is 0 Å². The predicted octanol–water partition coefficient (Wildman–Crippen LogP) is 3.87. The van der Waals surface area contributed by atoms with Gasteiger partial charge in [0.05, 0.1) is 19.3 Å². The maximum atomic E-state index is 13.3. The maximum absolute atomic E-state index is 13.3. The van der Waals surface area contributed by atoms with E-state index in [2.05, 4.69) is 0 Å². The third-order valence-electron chi connectivity index (χ3n) is 3.88. The molecule has 0 bridgehead atoms. The largest absolute Gasteiger partial charge is 0.434 e. The van der Waals surface area contributed by atoms with E-state index in [1.54, 1.807) is 18.9 Å². The van der Waals surface area contributed by atoms with Crippen LogP contribution in [-0.2, 0) is 28.0 Å². The predicted molar refractivity (Wildman–Crippen MR) is 92.6 cm³/mol. The molecule has 0 radical (unpaired) electrons. The van der Waals surface area contributed by atoms with Gasteiger partial charge in [-0.2, -0.15) is 5.06 Å². The van der Waals surface area contributed by atoms with Gasteiger partial charge in [0, 0.05) is 13.3 Å². The van der Waals surface area contributed by atoms with Crippen LogP contribution in [0.4, 0.5) is 0 Å². The first-order valence-corrected chi connectivity index (χ1v) is 10.1. The van der Waals surface area contributed by atoms with Gasteiger partial charge in [-0.05, 0) is 26.3 Å². The van der Waals surface area contributed by atoms with Crippen molar-refractivity contribution in [3.05, 3.63) is 35.9 Å². The fourth-order valence-corrected chi connectivity index (χ4v) is 4.95. The Morgan fingerprint density at radius 1 is 1.28 bits per heavy atom. The smallest absolute Gasteiger partial charge is 0.350 e. The number of hydroxylamine groups is 2. The zero-order chi connectivity index (χ0) is 18.4. The highest BCUT2D eigenvalue weighted by Gasteiger charge is 2.50. The molecule has 0 aromatic heterocycles. The summed E-state index contributed by atoms with van der Waals surface area (Å²) in [6, 6.07) is 9.45. The van der Waals surface area contributed by atoms with E-state index in [1.807, 2.05) is 37.3 Å². The van der Waals surface area contributed by atoms with E-state index >= 15 is 0 Å². The molecule has 1 aromatic carbocycles. The lowest BCUT2D eigenvalue weighted by molar-refractivity contribution is -0.245. The first-order valence-electron chi connectivity index (χ1n) is 8.47. The minimum atomic E-state index is -3.47. The van der Waals surface area contributed by atoms with Crippen LogP contribution in [0.5, 0.6) is 0 Å². The van der Waals surface area contributed by atoms with Crippen LogP contribution >= 0.6 is 7.60 Å². The lowest BCUT2D eigenvalue weighted by atomic mass is 10.1. The monoisotopic (exact) mass is 371 g/mol. The summed E-state index contributed by atoms with van der Waals surface area (Å²) in [6.07, 6.45) is -0.600. The summed E-state index contributed by atoms with van der Waals surface area (Å²) in [5.74, 6) is -1.12. The Morgan fingerprint density at radius 3 is 2.40 bits per heavy atom. The van der Waals surface area contributed by atoms with Gasteiger partial charge in [0.2, 0.25) is 6.29 Å². The van der Waals surface area contributed by atoms with Gasteiger partial charge in [0.25, 0.3) is 0 Å². The van der Waals surface area contributed by atoms with Crippen molar-refractivity contribution in [2.24, 2.45) is 0 Å². The molecule has 0 aliphatic carbocycles. The van der Waals surface area contributed by atoms with Crippen molar-refractivity contribution in [1.29, 1.82) is 0 Å². The third kappa shape index (κ3) is 4.90. The molecule has 140 valence electrons. The summed E-state index contributed by atoms with van der Waals surface area (Å²) in [7, 11) is -3.47. The highest BCUT2D eigenvalue weighted by Crippen LogP contribution is 2.59. The summed E-state index contributed by atoms with van der Waals surface area (Å²) in [5.41, 5.74) is 0.982. The summed E-state index contributed by atoms with van der Waals surface area (Å²) in [5, 5.41) is 1.58. The van der Waals surface area contributed by atoms with Gasteiger partial charge in [-0.25, -0.2) is 0 Å². The van der Waals surface area contributed by atoms with Gasteiger partial charge in [0.1, 0.15) is 5.78 Å². The van der Waals surface area contributed by atoms with Crippen molar-refractivity contribution in [1.82, 2.24) is 5.06 Å². The molecule has 25 heavy (non-hydrogen) atoms. The average molecular weight is 371 g/mol. The van der Waals surface area contributed by atoms with Gasteiger partial charge in [0.15, 0.2) is 0 Å². The van der Waals surface area contributed by atoms with Gasteiger partial charge < -0.3 is 13.8 Å². The number of esters is 1. The lowest BCUT2D eigenvalue weighted by Gasteiger charge is -2.32. The first-order chi connectivity index (χ1) is 11.9. The van der Waals surface area contributed by atoms with Crippen LogP contribution < -0.4 is 0 Å². The van der Waals surface area contributed by atoms with Crippen LogP contribution in [0.15, 0.2) is 30.3 Å². The number of nitrogens with zero attached hydrogens (tertiary/aromatic N) is 1. The number of carbonyl (C=O) groups excluding carboxylic acids is 1. The molecule has 1 heterocycles. The summed E-state index contributed by atoms with van der Waals surface area (Å²) >= 11 is 0. The molecule has 0 spiro atoms. The third-order valence-corrected chi connectivity index (χ3v) is 6.29. The second-order valence-electron chi connectivity index (χ2n) is 5.68. The highest BCUT2D eigenvalue weighted by atomic mass is 31.2. The molecule has 7 nitrogen and oxygen atoms in total. The Hall–Kier alpha value is -1.24. The molecule has 1 saturated heterocycles. The van der Waals surface area contributed by atoms with E-state index in [-0.39, 0.29) is 25.7 Å². The molecule has 1 aliphatic heterocycles.